The number of aliphatic carboxylic acids is 1. The third kappa shape index (κ3) is 22.8. The van der Waals surface area contributed by atoms with Gasteiger partial charge in [0.2, 0.25) is 0 Å². The zero-order chi connectivity index (χ0) is 70.7. The van der Waals surface area contributed by atoms with E-state index in [1.165, 1.54) is 39.1 Å². The highest BCUT2D eigenvalue weighted by Crippen LogP contribution is 2.57. The van der Waals surface area contributed by atoms with E-state index in [0.717, 1.165) is 50.7 Å². The van der Waals surface area contributed by atoms with Gasteiger partial charge in [-0.3, -0.25) is 14.6 Å². The molecule has 6 aliphatic carbocycles. The zero-order valence-corrected chi connectivity index (χ0v) is 57.4. The number of aliphatic hydroxyl groups is 1. The molecule has 4 bridgehead atoms. The number of aliphatic imine (C=N–C) groups is 2. The summed E-state index contributed by atoms with van der Waals surface area (Å²) in [5, 5.41) is 7.92. The Kier molecular flexibility index (Phi) is 27.9. The van der Waals surface area contributed by atoms with Gasteiger partial charge in [-0.15, -0.1) is 0 Å². The van der Waals surface area contributed by atoms with Crippen molar-refractivity contribution in [3.63, 3.8) is 0 Å². The summed E-state index contributed by atoms with van der Waals surface area (Å²) >= 11 is 0. The highest BCUT2D eigenvalue weighted by atomic mass is 32.2. The third-order valence-corrected chi connectivity index (χ3v) is 17.0. The zero-order valence-electron chi connectivity index (χ0n) is 55.8. The molecule has 13 rings (SSSR count). The molecule has 1 aromatic heterocycles. The van der Waals surface area contributed by atoms with Crippen molar-refractivity contribution in [1.29, 1.82) is 0 Å². The number of quaternary nitrogens is 2. The Morgan fingerprint density at radius 2 is 0.874 bits per heavy atom. The molecule has 7 aromatic rings. The average Bonchev–Trinajstić information content (AvgIpc) is 0.730. The molecule has 0 saturated heterocycles. The number of aromatic nitrogens is 1. The number of nitrogens with zero attached hydrogens (tertiary/aromatic N) is 6. The van der Waals surface area contributed by atoms with Crippen molar-refractivity contribution in [2.24, 2.45) is 21.8 Å². The number of fused-ring (bicyclic) bond motifs is 2. The summed E-state index contributed by atoms with van der Waals surface area (Å²) in [6, 6.07) is 60.3. The van der Waals surface area contributed by atoms with E-state index in [0.29, 0.717) is 18.5 Å². The number of hydrogen-bond acceptors (Lipinski definition) is 14. The van der Waals surface area contributed by atoms with Gasteiger partial charge in [-0.2, -0.15) is 17.6 Å². The van der Waals surface area contributed by atoms with Gasteiger partial charge in [0, 0.05) is 67.0 Å². The topological polar surface area (TPSA) is 239 Å². The smallest absolute Gasteiger partial charge is 0.367 e. The van der Waals surface area contributed by atoms with Crippen molar-refractivity contribution in [2.45, 2.75) is 99.9 Å². The predicted molar refractivity (Wildman–Crippen MR) is 359 cm³/mol. The van der Waals surface area contributed by atoms with Crippen LogP contribution in [-0.4, -0.2) is 160 Å². The molecule has 6 aromatic carbocycles. The lowest BCUT2D eigenvalue weighted by atomic mass is 9.59. The van der Waals surface area contributed by atoms with Crippen molar-refractivity contribution in [1.82, 2.24) is 4.98 Å². The van der Waals surface area contributed by atoms with Gasteiger partial charge in [-0.05, 0) is 97.2 Å². The number of halogens is 4. The van der Waals surface area contributed by atoms with Gasteiger partial charge < -0.3 is 37.9 Å². The number of esters is 1. The maximum absolute atomic E-state index is 13.3. The van der Waals surface area contributed by atoms with E-state index in [1.54, 1.807) is 12.4 Å². The summed E-state index contributed by atoms with van der Waals surface area (Å²) in [7, 11) is 5.64. The van der Waals surface area contributed by atoms with E-state index < -0.39 is 61.8 Å². The molecule has 512 valence electrons. The second-order valence-electron chi connectivity index (χ2n) is 26.1. The van der Waals surface area contributed by atoms with Gasteiger partial charge in [0.05, 0.1) is 72.2 Å². The summed E-state index contributed by atoms with van der Waals surface area (Å²) in [4.78, 5) is 37.9. The minimum atomic E-state index is -5.90. The fourth-order valence-corrected chi connectivity index (χ4v) is 11.7. The molecule has 23 heteroatoms. The predicted octanol–water partition coefficient (Wildman–Crippen LogP) is 12.4. The van der Waals surface area contributed by atoms with E-state index in [9.17, 15) is 58.2 Å². The molecule has 0 radical (unpaired) electrons. The van der Waals surface area contributed by atoms with Crippen LogP contribution in [-0.2, 0) is 47.7 Å². The molecule has 0 amide bonds. The van der Waals surface area contributed by atoms with Crippen LogP contribution in [0.4, 0.5) is 23.2 Å². The van der Waals surface area contributed by atoms with Crippen molar-refractivity contribution in [3.05, 3.63) is 238 Å². The van der Waals surface area contributed by atoms with Crippen LogP contribution in [0.1, 0.15) is 120 Å². The number of pyridine rings is 1. The van der Waals surface area contributed by atoms with Crippen molar-refractivity contribution in [2.75, 3.05) is 74.5 Å². The first-order valence-corrected chi connectivity index (χ1v) is 33.6. The van der Waals surface area contributed by atoms with Gasteiger partial charge in [-0.1, -0.05) is 158 Å². The summed E-state index contributed by atoms with van der Waals surface area (Å²) in [5.74, 6) is -2.74. The van der Waals surface area contributed by atoms with Crippen LogP contribution in [0.5, 0.6) is 0 Å². The lowest BCUT2D eigenvalue weighted by molar-refractivity contribution is -0.884. The van der Waals surface area contributed by atoms with Crippen LogP contribution in [0.3, 0.4) is 0 Å². The molecule has 2 N–H and O–H groups in total. The first-order valence-electron chi connectivity index (χ1n) is 30.8. The Bertz CT molecular complexity index is 3750. The molecule has 6 aliphatic rings. The molecule has 0 aliphatic heterocycles. The van der Waals surface area contributed by atoms with Gasteiger partial charge in [0.1, 0.15) is 19.7 Å². The maximum Gasteiger partial charge on any atom is 0.367 e. The second-order valence-corrected chi connectivity index (χ2v) is 29.1. The van der Waals surface area contributed by atoms with Gasteiger partial charge >= 0.3 is 22.4 Å². The highest BCUT2D eigenvalue weighted by molar-refractivity contribution is 7.87. The van der Waals surface area contributed by atoms with Crippen molar-refractivity contribution in [3.8, 4) is 0 Å². The molecule has 1 heterocycles. The number of carbonyl (C=O) groups is 2. The number of carboxylic acids is 1. The number of carbonyl (C=O) groups excluding carboxylic acids is 1. The monoisotopic (exact) mass is 1350 g/mol. The number of aliphatic hydroxyl groups excluding tert-OH is 1. The standard InChI is InChI=1S/C19H16F2O5S.C17H14O2.2C10H16N.C7H10N2.C7H14N2.C2H4F2O4S/c20-19(21,27(23,24)25)10-26-18(22)16-9-15-11-5-1-3-7-13(11)17(16)14-8-4-2-6-12(14)15;18-17(19)15-9-14-10-5-1-3-7-12(10)16(15)13-8-4-2-6-11(13)14;2*1-11(2,3)9-10-7-5-4-6-8-10;1-9(2)7-3-5-8-6-4-7;1-6(2)8-5-9-7(3)4;3-2(4,1-5)9(6,7)8/h1-8,15-17H,9-10H2,(H,23,24,25);1-8,14-16H,9H2,(H,18,19);2*4-8H,9H2,1-3H3;3-6H,1-2H3;6-7H,1-4H3;5H,1H2,(H,6,7,8)/q;;2*+1;;;/p-2. The summed E-state index contributed by atoms with van der Waals surface area (Å²) in [6.45, 7) is 6.47. The molecule has 0 fully saturated rings. The summed E-state index contributed by atoms with van der Waals surface area (Å²) in [6.07, 6.45) is 4.69. The number of alkyl halides is 4. The van der Waals surface area contributed by atoms with E-state index in [1.807, 2.05) is 119 Å². The van der Waals surface area contributed by atoms with Gasteiger partial charge in [0.15, 0.2) is 26.8 Å². The Morgan fingerprint density at radius 3 is 1.15 bits per heavy atom. The number of benzene rings is 6. The lowest BCUT2D eigenvalue weighted by Gasteiger charge is -2.44. The molecular weight excluding hydrogens is 1260 g/mol. The average molecular weight is 1350 g/mol. The molecule has 2 unspecified atom stereocenters. The quantitative estimate of drug-likeness (QED) is 0.0339. The Labute approximate surface area is 557 Å². The van der Waals surface area contributed by atoms with E-state index >= 15 is 0 Å². The Morgan fingerprint density at radius 1 is 0.558 bits per heavy atom. The fraction of sp³-hybridized carbons (Fsp3) is 0.389. The highest BCUT2D eigenvalue weighted by Gasteiger charge is 2.49. The van der Waals surface area contributed by atoms with Crippen LogP contribution in [0.2, 0.25) is 0 Å². The largest absolute Gasteiger partial charge is 0.743 e. The molecule has 95 heavy (non-hydrogen) atoms. The number of rotatable bonds is 14. The SMILES string of the molecule is CC(C)N=C=NC(C)C.CN(C)c1ccncc1.C[N+](C)(C)Cc1ccccc1.C[N+](C)(C)Cc1ccccc1.O=C(O)C1CC2c3ccccc3C1c1ccccc12.O=C(OCC(F)(F)S(=O)(=O)[O-])C1CC2c3ccccc3C1c1ccccc12.O=S(=O)([O-])C(F)(F)CO. The number of ether oxygens (including phenoxy) is 1. The van der Waals surface area contributed by atoms with Gasteiger partial charge in [-0.25, -0.2) is 26.8 Å². The summed E-state index contributed by atoms with van der Waals surface area (Å²) in [5.41, 5.74) is 13.1. The number of carboxylic acid groups (broad SMARTS) is 1. The van der Waals surface area contributed by atoms with Crippen molar-refractivity contribution >= 4 is 43.9 Å². The number of anilines is 1. The normalized spacial score (nSPS) is 17.7. The molecular formula is C72H88F4N6O11S2. The van der Waals surface area contributed by atoms with Crippen LogP contribution in [0, 0.1) is 11.8 Å². The Balaban J connectivity index is 0.000000212. The first kappa shape index (κ1) is 77.7. The summed E-state index contributed by atoms with van der Waals surface area (Å²) < 4.78 is 116. The van der Waals surface area contributed by atoms with Crippen LogP contribution < -0.4 is 4.90 Å². The minimum Gasteiger partial charge on any atom is -0.743 e. The third-order valence-electron chi connectivity index (χ3n) is 15.3. The van der Waals surface area contributed by atoms with Gasteiger partial charge in [0.25, 0.3) is 0 Å². The molecule has 0 saturated carbocycles. The second kappa shape index (κ2) is 34.1. The maximum atomic E-state index is 13.3. The molecule has 17 nitrogen and oxygen atoms in total. The molecule has 2 atom stereocenters. The van der Waals surface area contributed by atoms with Crippen LogP contribution >= 0.6 is 0 Å². The van der Waals surface area contributed by atoms with E-state index in [4.69, 9.17) is 5.11 Å². The number of hydrogen-bond donors (Lipinski definition) is 2. The van der Waals surface area contributed by atoms with E-state index in [2.05, 4.69) is 165 Å². The first-order chi connectivity index (χ1) is 44.4. The minimum absolute atomic E-state index is 0.0231. The molecule has 0 spiro atoms. The van der Waals surface area contributed by atoms with Crippen LogP contribution in [0.25, 0.3) is 0 Å². The lowest BCUT2D eigenvalue weighted by Crippen LogP contribution is -2.40. The van der Waals surface area contributed by atoms with E-state index in [-0.39, 0.29) is 29.6 Å². The van der Waals surface area contributed by atoms with Crippen LogP contribution in [0.15, 0.2) is 192 Å². The fourth-order valence-electron chi connectivity index (χ4n) is 11.3. The van der Waals surface area contributed by atoms with Crippen molar-refractivity contribution < 1.29 is 77.0 Å². The Hall–Kier alpha value is -7.99.